The minimum atomic E-state index is 0.222. The molecule has 3 rings (SSSR count). The van der Waals surface area contributed by atoms with Crippen molar-refractivity contribution in [2.45, 2.75) is 33.7 Å². The molecule has 124 valence electrons. The van der Waals surface area contributed by atoms with Gasteiger partial charge in [-0.1, -0.05) is 6.07 Å². The fraction of sp³-hybridized carbons (Fsp3) is 0.278. The average molecular weight is 323 g/mol. The standard InChI is InChI=1S/C18H21N5O/c1-9(2)22-14-7-12-16(20-8-21-18(12)19)17(23-14)15-10(3)5-6-13(24)11(15)4/h5-9,24H,1-4H3,(H,22,23)(H2,19,20,21). The summed E-state index contributed by atoms with van der Waals surface area (Å²) in [6.07, 6.45) is 1.44. The van der Waals surface area contributed by atoms with E-state index < -0.39 is 0 Å². The second-order valence-corrected chi connectivity index (χ2v) is 6.21. The molecule has 0 aliphatic carbocycles. The first-order valence-corrected chi connectivity index (χ1v) is 7.85. The molecule has 6 nitrogen and oxygen atoms in total. The van der Waals surface area contributed by atoms with Crippen LogP contribution in [0.1, 0.15) is 25.0 Å². The van der Waals surface area contributed by atoms with Crippen LogP contribution in [0.15, 0.2) is 24.5 Å². The summed E-state index contributed by atoms with van der Waals surface area (Å²) in [4.78, 5) is 13.2. The normalized spacial score (nSPS) is 11.2. The zero-order valence-electron chi connectivity index (χ0n) is 14.3. The van der Waals surface area contributed by atoms with Crippen LogP contribution in [0.3, 0.4) is 0 Å². The first-order chi connectivity index (χ1) is 11.4. The van der Waals surface area contributed by atoms with Crippen molar-refractivity contribution in [3.63, 3.8) is 0 Å². The van der Waals surface area contributed by atoms with Crippen LogP contribution in [0.4, 0.5) is 11.6 Å². The molecule has 0 radical (unpaired) electrons. The number of nitrogens with zero attached hydrogens (tertiary/aromatic N) is 3. The maximum atomic E-state index is 10.1. The molecule has 3 aromatic rings. The Hall–Kier alpha value is -2.89. The highest BCUT2D eigenvalue weighted by atomic mass is 16.3. The van der Waals surface area contributed by atoms with E-state index in [2.05, 4.69) is 15.3 Å². The lowest BCUT2D eigenvalue weighted by molar-refractivity contribution is 0.471. The summed E-state index contributed by atoms with van der Waals surface area (Å²) in [5, 5.41) is 14.2. The molecule has 4 N–H and O–H groups in total. The molecule has 1 aromatic carbocycles. The number of nitrogen functional groups attached to an aromatic ring is 1. The Kier molecular flexibility index (Phi) is 3.97. The van der Waals surface area contributed by atoms with E-state index in [1.807, 2.05) is 39.8 Å². The van der Waals surface area contributed by atoms with Crippen LogP contribution in [-0.2, 0) is 0 Å². The summed E-state index contributed by atoms with van der Waals surface area (Å²) >= 11 is 0. The molecule has 0 aliphatic heterocycles. The molecule has 0 saturated carbocycles. The van der Waals surface area contributed by atoms with Gasteiger partial charge in [0.15, 0.2) is 0 Å². The zero-order valence-corrected chi connectivity index (χ0v) is 14.3. The lowest BCUT2D eigenvalue weighted by Gasteiger charge is -2.16. The molecule has 0 spiro atoms. The van der Waals surface area contributed by atoms with Gasteiger partial charge < -0.3 is 16.2 Å². The van der Waals surface area contributed by atoms with Crippen molar-refractivity contribution in [2.75, 3.05) is 11.1 Å². The van der Waals surface area contributed by atoms with Crippen molar-refractivity contribution in [2.24, 2.45) is 0 Å². The second kappa shape index (κ2) is 5.96. The SMILES string of the molecule is Cc1ccc(O)c(C)c1-c1nc(NC(C)C)cc2c(N)ncnc12. The van der Waals surface area contributed by atoms with E-state index in [0.717, 1.165) is 22.1 Å². The molecule has 6 heteroatoms. The van der Waals surface area contributed by atoms with Gasteiger partial charge >= 0.3 is 0 Å². The van der Waals surface area contributed by atoms with E-state index in [0.29, 0.717) is 22.8 Å². The van der Waals surface area contributed by atoms with E-state index in [-0.39, 0.29) is 11.8 Å². The van der Waals surface area contributed by atoms with Gasteiger partial charge in [0, 0.05) is 22.6 Å². The van der Waals surface area contributed by atoms with Crippen molar-refractivity contribution >= 4 is 22.5 Å². The van der Waals surface area contributed by atoms with Gasteiger partial charge in [-0.15, -0.1) is 0 Å². The zero-order chi connectivity index (χ0) is 17.4. The molecule has 0 unspecified atom stereocenters. The average Bonchev–Trinajstić information content (AvgIpc) is 2.52. The number of phenolic OH excluding ortho intramolecular Hbond substituents is 1. The number of nitrogens with one attached hydrogen (secondary N) is 1. The summed E-state index contributed by atoms with van der Waals surface area (Å²) in [5.41, 5.74) is 10.1. The maximum Gasteiger partial charge on any atom is 0.134 e. The lowest BCUT2D eigenvalue weighted by atomic mass is 9.97. The molecule has 2 heterocycles. The number of phenols is 1. The van der Waals surface area contributed by atoms with E-state index in [4.69, 9.17) is 10.7 Å². The third kappa shape index (κ3) is 2.71. The maximum absolute atomic E-state index is 10.1. The number of pyridine rings is 1. The number of hydrogen-bond acceptors (Lipinski definition) is 6. The van der Waals surface area contributed by atoms with Gasteiger partial charge in [0.05, 0.1) is 5.69 Å². The number of aromatic hydroxyl groups is 1. The monoisotopic (exact) mass is 323 g/mol. The van der Waals surface area contributed by atoms with Crippen LogP contribution in [0.2, 0.25) is 0 Å². The van der Waals surface area contributed by atoms with Gasteiger partial charge in [-0.3, -0.25) is 0 Å². The van der Waals surface area contributed by atoms with Crippen molar-refractivity contribution in [3.8, 4) is 17.0 Å². The van der Waals surface area contributed by atoms with Gasteiger partial charge in [-0.25, -0.2) is 15.0 Å². The first-order valence-electron chi connectivity index (χ1n) is 7.85. The summed E-state index contributed by atoms with van der Waals surface area (Å²) in [5.74, 6) is 1.34. The van der Waals surface area contributed by atoms with Crippen molar-refractivity contribution < 1.29 is 5.11 Å². The van der Waals surface area contributed by atoms with Crippen LogP contribution in [0.5, 0.6) is 5.75 Å². The highest BCUT2D eigenvalue weighted by Crippen LogP contribution is 2.36. The van der Waals surface area contributed by atoms with Crippen LogP contribution in [0, 0.1) is 13.8 Å². The molecule has 0 amide bonds. The van der Waals surface area contributed by atoms with Gasteiger partial charge in [0.1, 0.15) is 29.2 Å². The van der Waals surface area contributed by atoms with Crippen LogP contribution >= 0.6 is 0 Å². The number of anilines is 2. The number of aromatic nitrogens is 3. The number of hydrogen-bond donors (Lipinski definition) is 3. The minimum Gasteiger partial charge on any atom is -0.508 e. The molecule has 2 aromatic heterocycles. The van der Waals surface area contributed by atoms with E-state index in [9.17, 15) is 5.11 Å². The van der Waals surface area contributed by atoms with Gasteiger partial charge in [-0.05, 0) is 45.4 Å². The Labute approximate surface area is 140 Å². The Balaban J connectivity index is 2.39. The fourth-order valence-electron chi connectivity index (χ4n) is 2.83. The van der Waals surface area contributed by atoms with Gasteiger partial charge in [0.2, 0.25) is 0 Å². The number of nitrogens with two attached hydrogens (primary N) is 1. The highest BCUT2D eigenvalue weighted by Gasteiger charge is 2.17. The molecule has 0 bridgehead atoms. The summed E-state index contributed by atoms with van der Waals surface area (Å²) in [7, 11) is 0. The lowest BCUT2D eigenvalue weighted by Crippen LogP contribution is -2.12. The third-order valence-electron chi connectivity index (χ3n) is 3.97. The van der Waals surface area contributed by atoms with Crippen LogP contribution in [-0.4, -0.2) is 26.1 Å². The predicted octanol–water partition coefficient (Wildman–Crippen LogP) is 3.42. The van der Waals surface area contributed by atoms with Crippen LogP contribution < -0.4 is 11.1 Å². The van der Waals surface area contributed by atoms with Crippen molar-refractivity contribution in [3.05, 3.63) is 35.7 Å². The molecule has 0 saturated heterocycles. The van der Waals surface area contributed by atoms with E-state index in [1.54, 1.807) is 6.07 Å². The minimum absolute atomic E-state index is 0.222. The summed E-state index contributed by atoms with van der Waals surface area (Å²) in [6, 6.07) is 5.65. The second-order valence-electron chi connectivity index (χ2n) is 6.21. The van der Waals surface area contributed by atoms with Crippen molar-refractivity contribution in [1.82, 2.24) is 15.0 Å². The highest BCUT2D eigenvalue weighted by molar-refractivity contribution is 5.99. The topological polar surface area (TPSA) is 97.0 Å². The Morgan fingerprint density at radius 2 is 1.92 bits per heavy atom. The third-order valence-corrected chi connectivity index (χ3v) is 3.97. The molecule has 0 fully saturated rings. The predicted molar refractivity (Wildman–Crippen MR) is 97.1 cm³/mol. The first kappa shape index (κ1) is 16.0. The quantitative estimate of drug-likeness (QED) is 0.683. The Bertz CT molecular complexity index is 921. The number of rotatable bonds is 3. The number of aryl methyl sites for hydroxylation is 1. The fourth-order valence-corrected chi connectivity index (χ4v) is 2.83. The van der Waals surface area contributed by atoms with E-state index >= 15 is 0 Å². The Morgan fingerprint density at radius 3 is 2.62 bits per heavy atom. The van der Waals surface area contributed by atoms with Crippen molar-refractivity contribution in [1.29, 1.82) is 0 Å². The summed E-state index contributed by atoms with van der Waals surface area (Å²) in [6.45, 7) is 7.95. The molecule has 24 heavy (non-hydrogen) atoms. The molecule has 0 aliphatic rings. The number of fused-ring (bicyclic) bond motifs is 1. The van der Waals surface area contributed by atoms with E-state index in [1.165, 1.54) is 6.33 Å². The molecular formula is C18H21N5O. The van der Waals surface area contributed by atoms with Gasteiger partial charge in [-0.2, -0.15) is 0 Å². The smallest absolute Gasteiger partial charge is 0.134 e. The molecule has 0 atom stereocenters. The largest absolute Gasteiger partial charge is 0.508 e. The summed E-state index contributed by atoms with van der Waals surface area (Å²) < 4.78 is 0. The Morgan fingerprint density at radius 1 is 1.17 bits per heavy atom. The van der Waals surface area contributed by atoms with Gasteiger partial charge in [0.25, 0.3) is 0 Å². The molecular weight excluding hydrogens is 302 g/mol. The van der Waals surface area contributed by atoms with Crippen LogP contribution in [0.25, 0.3) is 22.2 Å². The number of benzene rings is 1.